The third-order valence-electron chi connectivity index (χ3n) is 2.76. The van der Waals surface area contributed by atoms with Crippen molar-refractivity contribution in [3.63, 3.8) is 0 Å². The summed E-state index contributed by atoms with van der Waals surface area (Å²) in [7, 11) is 0. The molecule has 0 saturated carbocycles. The third kappa shape index (κ3) is 4.65. The van der Waals surface area contributed by atoms with Crippen molar-refractivity contribution < 1.29 is 9.59 Å². The Morgan fingerprint density at radius 3 is 2.10 bits per heavy atom. The van der Waals surface area contributed by atoms with Crippen molar-refractivity contribution in [1.82, 2.24) is 10.9 Å². The summed E-state index contributed by atoms with van der Waals surface area (Å²) in [6, 6.07) is 18.4. The molecule has 0 aliphatic carbocycles. The van der Waals surface area contributed by atoms with Gasteiger partial charge in [0.25, 0.3) is 11.8 Å². The Morgan fingerprint density at radius 1 is 0.905 bits per heavy atom. The molecule has 0 aromatic heterocycles. The lowest BCUT2D eigenvalue weighted by Gasteiger charge is -2.12. The predicted octanol–water partition coefficient (Wildman–Crippen LogP) is 2.63. The molecule has 2 N–H and O–H groups in total. The molecule has 0 radical (unpaired) electrons. The maximum Gasteiger partial charge on any atom is 0.269 e. The molecule has 0 spiro atoms. The lowest BCUT2D eigenvalue weighted by atomic mass is 10.2. The molecule has 0 heterocycles. The van der Waals surface area contributed by atoms with Crippen LogP contribution in [0.3, 0.4) is 0 Å². The molecule has 0 unspecified atom stereocenters. The molecule has 0 fully saturated rings. The topological polar surface area (TPSA) is 58.2 Å². The van der Waals surface area contributed by atoms with Crippen LogP contribution in [0.25, 0.3) is 0 Å². The van der Waals surface area contributed by atoms with Crippen LogP contribution in [-0.2, 0) is 4.79 Å². The maximum absolute atomic E-state index is 11.9. The van der Waals surface area contributed by atoms with E-state index in [-0.39, 0.29) is 17.1 Å². The molecule has 0 saturated heterocycles. The van der Waals surface area contributed by atoms with E-state index in [1.807, 2.05) is 36.4 Å². The van der Waals surface area contributed by atoms with Gasteiger partial charge in [-0.3, -0.25) is 20.4 Å². The summed E-state index contributed by atoms with van der Waals surface area (Å²) in [6.07, 6.45) is 0. The maximum atomic E-state index is 11.9. The third-order valence-corrected chi connectivity index (χ3v) is 3.87. The molecule has 2 amide bonds. The Morgan fingerprint density at radius 2 is 1.48 bits per heavy atom. The van der Waals surface area contributed by atoms with E-state index in [9.17, 15) is 9.59 Å². The number of thioether (sulfide) groups is 1. The number of amides is 2. The highest BCUT2D eigenvalue weighted by Crippen LogP contribution is 2.22. The monoisotopic (exact) mass is 300 g/mol. The van der Waals surface area contributed by atoms with Gasteiger partial charge in [0.15, 0.2) is 0 Å². The first-order valence-corrected chi connectivity index (χ1v) is 7.42. The van der Waals surface area contributed by atoms with E-state index >= 15 is 0 Å². The smallest absolute Gasteiger partial charge is 0.269 e. The van der Waals surface area contributed by atoms with Gasteiger partial charge in [0.2, 0.25) is 0 Å². The second kappa shape index (κ2) is 7.50. The molecular weight excluding hydrogens is 284 g/mol. The highest BCUT2D eigenvalue weighted by molar-refractivity contribution is 8.00. The highest BCUT2D eigenvalue weighted by atomic mass is 32.2. The summed E-state index contributed by atoms with van der Waals surface area (Å²) >= 11 is 1.44. The molecule has 0 aliphatic rings. The first-order chi connectivity index (χ1) is 10.2. The van der Waals surface area contributed by atoms with Crippen LogP contribution in [0.1, 0.15) is 17.3 Å². The van der Waals surface area contributed by atoms with Crippen molar-refractivity contribution in [3.8, 4) is 0 Å². The predicted molar refractivity (Wildman–Crippen MR) is 83.8 cm³/mol. The van der Waals surface area contributed by atoms with Crippen molar-refractivity contribution in [3.05, 3.63) is 66.2 Å². The number of carbonyl (C=O) groups is 2. The van der Waals surface area contributed by atoms with Gasteiger partial charge in [-0.25, -0.2) is 0 Å². The SMILES string of the molecule is C[C@@H](Sc1ccccc1)C(=O)NNC(=O)c1ccccc1. The van der Waals surface area contributed by atoms with Crippen LogP contribution in [0.2, 0.25) is 0 Å². The number of benzene rings is 2. The minimum atomic E-state index is -0.333. The average Bonchev–Trinajstić information content (AvgIpc) is 2.54. The van der Waals surface area contributed by atoms with Crippen LogP contribution in [0.4, 0.5) is 0 Å². The van der Waals surface area contributed by atoms with Crippen molar-refractivity contribution in [2.75, 3.05) is 0 Å². The zero-order valence-electron chi connectivity index (χ0n) is 11.6. The highest BCUT2D eigenvalue weighted by Gasteiger charge is 2.15. The standard InChI is InChI=1S/C16H16N2O2S/c1-12(21-14-10-6-3-7-11-14)15(19)17-18-16(20)13-8-4-2-5-9-13/h2-12H,1H3,(H,17,19)(H,18,20)/t12-/m1/s1. The summed E-state index contributed by atoms with van der Waals surface area (Å²) in [5.74, 6) is -0.575. The Labute approximate surface area is 127 Å². The first kappa shape index (κ1) is 15.1. The van der Waals surface area contributed by atoms with Gasteiger partial charge in [0, 0.05) is 10.5 Å². The second-order valence-corrected chi connectivity index (χ2v) is 5.80. The van der Waals surface area contributed by atoms with Crippen molar-refractivity contribution in [1.29, 1.82) is 0 Å². The van der Waals surface area contributed by atoms with Crippen molar-refractivity contribution in [2.45, 2.75) is 17.1 Å². The Hall–Kier alpha value is -2.27. The van der Waals surface area contributed by atoms with Gasteiger partial charge in [0.1, 0.15) is 0 Å². The molecule has 0 aliphatic heterocycles. The minimum absolute atomic E-state index is 0.242. The van der Waals surface area contributed by atoms with Gasteiger partial charge in [0.05, 0.1) is 5.25 Å². The summed E-state index contributed by atoms with van der Waals surface area (Å²) < 4.78 is 0. The molecule has 21 heavy (non-hydrogen) atoms. The van der Waals surface area contributed by atoms with Crippen molar-refractivity contribution >= 4 is 23.6 Å². The second-order valence-electron chi connectivity index (χ2n) is 4.38. The van der Waals surface area contributed by atoms with E-state index in [0.717, 1.165) is 4.90 Å². The molecule has 2 aromatic carbocycles. The van der Waals surface area contributed by atoms with Crippen molar-refractivity contribution in [2.24, 2.45) is 0 Å². The van der Waals surface area contributed by atoms with Gasteiger partial charge in [-0.1, -0.05) is 36.4 Å². The molecule has 1 atom stereocenters. The summed E-state index contributed by atoms with van der Waals surface area (Å²) in [4.78, 5) is 24.7. The normalized spacial score (nSPS) is 11.5. The quantitative estimate of drug-likeness (QED) is 0.674. The van der Waals surface area contributed by atoms with E-state index in [4.69, 9.17) is 0 Å². The number of rotatable bonds is 4. The number of hydrogen-bond donors (Lipinski definition) is 2. The molecule has 2 aromatic rings. The van der Waals surface area contributed by atoms with Crippen LogP contribution in [0.5, 0.6) is 0 Å². The molecule has 5 heteroatoms. The van der Waals surface area contributed by atoms with Crippen LogP contribution in [0, 0.1) is 0 Å². The number of hydrogen-bond acceptors (Lipinski definition) is 3. The van der Waals surface area contributed by atoms with E-state index in [0.29, 0.717) is 5.56 Å². The molecule has 2 rings (SSSR count). The van der Waals surface area contributed by atoms with E-state index in [1.165, 1.54) is 11.8 Å². The van der Waals surface area contributed by atoms with Gasteiger partial charge in [-0.2, -0.15) is 0 Å². The molecule has 0 bridgehead atoms. The van der Waals surface area contributed by atoms with Gasteiger partial charge in [-0.15, -0.1) is 11.8 Å². The molecule has 4 nitrogen and oxygen atoms in total. The summed E-state index contributed by atoms with van der Waals surface area (Å²) in [6.45, 7) is 1.79. The number of nitrogens with one attached hydrogen (secondary N) is 2. The van der Waals surface area contributed by atoms with E-state index < -0.39 is 0 Å². The van der Waals surface area contributed by atoms with Crippen LogP contribution in [-0.4, -0.2) is 17.1 Å². The van der Waals surface area contributed by atoms with Gasteiger partial charge >= 0.3 is 0 Å². The molecular formula is C16H16N2O2S. The van der Waals surface area contributed by atoms with Gasteiger partial charge < -0.3 is 0 Å². The summed E-state index contributed by atoms with van der Waals surface area (Å²) in [5, 5.41) is -0.302. The summed E-state index contributed by atoms with van der Waals surface area (Å²) in [5.41, 5.74) is 5.36. The average molecular weight is 300 g/mol. The lowest BCUT2D eigenvalue weighted by molar-refractivity contribution is -0.121. The van der Waals surface area contributed by atoms with E-state index in [2.05, 4.69) is 10.9 Å². The van der Waals surface area contributed by atoms with E-state index in [1.54, 1.807) is 31.2 Å². The van der Waals surface area contributed by atoms with Gasteiger partial charge in [-0.05, 0) is 31.2 Å². The lowest BCUT2D eigenvalue weighted by Crippen LogP contribution is -2.44. The van der Waals surface area contributed by atoms with Crippen LogP contribution >= 0.6 is 11.8 Å². The number of hydrazine groups is 1. The van der Waals surface area contributed by atoms with Crippen LogP contribution < -0.4 is 10.9 Å². The largest absolute Gasteiger partial charge is 0.272 e. The fraction of sp³-hybridized carbons (Fsp3) is 0.125. The fourth-order valence-corrected chi connectivity index (χ4v) is 2.53. The fourth-order valence-electron chi connectivity index (χ4n) is 1.64. The minimum Gasteiger partial charge on any atom is -0.272 e. The molecule has 108 valence electrons. The first-order valence-electron chi connectivity index (χ1n) is 6.54. The Balaban J connectivity index is 1.83. The zero-order valence-corrected chi connectivity index (χ0v) is 12.4. The van der Waals surface area contributed by atoms with Crippen LogP contribution in [0.15, 0.2) is 65.6 Å². The Bertz CT molecular complexity index is 602. The number of carbonyl (C=O) groups excluding carboxylic acids is 2. The Kier molecular flexibility index (Phi) is 5.40. The zero-order chi connectivity index (χ0) is 15.1.